The van der Waals surface area contributed by atoms with E-state index in [1.54, 1.807) is 6.08 Å². The Labute approximate surface area is 158 Å². The first-order valence-corrected chi connectivity index (χ1v) is 9.18. The Morgan fingerprint density at radius 2 is 1.89 bits per heavy atom. The quantitative estimate of drug-likeness (QED) is 0.623. The Morgan fingerprint density at radius 1 is 1.21 bits per heavy atom. The first-order valence-electron chi connectivity index (χ1n) is 9.18. The Hall–Kier alpha value is -2.04. The number of nitrogens with zero attached hydrogens (tertiary/aromatic N) is 3. The van der Waals surface area contributed by atoms with Gasteiger partial charge in [-0.25, -0.2) is 8.78 Å². The van der Waals surface area contributed by atoms with Gasteiger partial charge in [0.2, 0.25) is 11.9 Å². The number of hydrogen-bond donors (Lipinski definition) is 3. The van der Waals surface area contributed by atoms with Crippen molar-refractivity contribution in [3.05, 3.63) is 11.9 Å². The smallest absolute Gasteiger partial charge is 0.389 e. The number of alkyl halides is 5. The summed E-state index contributed by atoms with van der Waals surface area (Å²) < 4.78 is 65.4. The summed E-state index contributed by atoms with van der Waals surface area (Å²) in [6, 6.07) is -2.41. The third kappa shape index (κ3) is 5.06. The van der Waals surface area contributed by atoms with Crippen LogP contribution in [-0.4, -0.2) is 50.3 Å². The molecule has 28 heavy (non-hydrogen) atoms. The molecule has 0 aromatic carbocycles. The topological polar surface area (TPSA) is 83.0 Å². The number of anilines is 2. The number of aromatic nitrogens is 3. The van der Waals surface area contributed by atoms with E-state index in [1.165, 1.54) is 6.92 Å². The van der Waals surface area contributed by atoms with Crippen molar-refractivity contribution in [2.24, 2.45) is 0 Å². The summed E-state index contributed by atoms with van der Waals surface area (Å²) in [4.78, 5) is 12.2. The molecule has 1 unspecified atom stereocenters. The molecule has 0 radical (unpaired) electrons. The predicted molar refractivity (Wildman–Crippen MR) is 93.0 cm³/mol. The third-order valence-corrected chi connectivity index (χ3v) is 4.79. The molecular weight excluding hydrogens is 385 g/mol. The van der Waals surface area contributed by atoms with Gasteiger partial charge in [-0.15, -0.1) is 0 Å². The minimum Gasteiger partial charge on any atom is -0.389 e. The first kappa shape index (κ1) is 20.7. The molecule has 3 N–H and O–H groups in total. The maximum atomic E-state index is 13.1. The fourth-order valence-corrected chi connectivity index (χ4v) is 3.25. The summed E-state index contributed by atoms with van der Waals surface area (Å²) in [6.45, 7) is 1.38. The Morgan fingerprint density at radius 3 is 2.46 bits per heavy atom. The number of nitrogens with one attached hydrogen (secondary N) is 2. The zero-order valence-electron chi connectivity index (χ0n) is 15.2. The van der Waals surface area contributed by atoms with Crippen LogP contribution in [0, 0.1) is 0 Å². The number of aliphatic hydroxyl groups is 1. The second kappa shape index (κ2) is 7.76. The van der Waals surface area contributed by atoms with Gasteiger partial charge in [-0.1, -0.05) is 6.92 Å². The molecule has 0 aliphatic heterocycles. The highest BCUT2D eigenvalue weighted by Crippen LogP contribution is 2.39. The average Bonchev–Trinajstić information content (AvgIpc) is 2.57. The number of aliphatic hydroxyl groups excluding tert-OH is 1. The van der Waals surface area contributed by atoms with Gasteiger partial charge < -0.3 is 15.7 Å². The summed E-state index contributed by atoms with van der Waals surface area (Å²) in [5.41, 5.74) is 0.589. The van der Waals surface area contributed by atoms with Crippen molar-refractivity contribution in [1.29, 1.82) is 0 Å². The van der Waals surface area contributed by atoms with Gasteiger partial charge in [0.15, 0.2) is 5.82 Å². The molecule has 2 aliphatic carbocycles. The lowest BCUT2D eigenvalue weighted by atomic mass is 9.88. The molecule has 2 atom stereocenters. The second-order valence-electron chi connectivity index (χ2n) is 7.21. The Kier molecular flexibility index (Phi) is 5.74. The first-order chi connectivity index (χ1) is 13.1. The van der Waals surface area contributed by atoms with Crippen molar-refractivity contribution >= 4 is 17.5 Å². The molecule has 0 saturated heterocycles. The molecule has 1 heterocycles. The van der Waals surface area contributed by atoms with Crippen LogP contribution >= 0.6 is 0 Å². The summed E-state index contributed by atoms with van der Waals surface area (Å²) in [5, 5.41) is 14.8. The summed E-state index contributed by atoms with van der Waals surface area (Å²) in [5.74, 6) is -2.98. The van der Waals surface area contributed by atoms with Crippen molar-refractivity contribution in [3.8, 4) is 0 Å². The largest absolute Gasteiger partial charge is 0.408 e. The zero-order valence-corrected chi connectivity index (χ0v) is 15.2. The minimum absolute atomic E-state index is 0.0639. The van der Waals surface area contributed by atoms with E-state index in [9.17, 15) is 27.1 Å². The van der Waals surface area contributed by atoms with Crippen molar-refractivity contribution in [1.82, 2.24) is 15.0 Å². The SMILES string of the molecule is CC[C@@H](Nc1nc(NC2CC(F)(F)C2)nc(C2=CC(O)CCC2)n1)C(F)(F)F. The van der Waals surface area contributed by atoms with E-state index in [0.29, 0.717) is 24.8 Å². The molecular formula is C17H22F5N5O. The molecule has 11 heteroatoms. The second-order valence-corrected chi connectivity index (χ2v) is 7.21. The van der Waals surface area contributed by atoms with Crippen LogP contribution in [0.5, 0.6) is 0 Å². The van der Waals surface area contributed by atoms with Crippen LogP contribution in [0.2, 0.25) is 0 Å². The molecule has 1 aromatic rings. The molecule has 0 bridgehead atoms. The lowest BCUT2D eigenvalue weighted by Crippen LogP contribution is -2.44. The minimum atomic E-state index is -4.49. The highest BCUT2D eigenvalue weighted by atomic mass is 19.4. The van der Waals surface area contributed by atoms with Crippen LogP contribution in [0.25, 0.3) is 5.57 Å². The molecule has 156 valence electrons. The van der Waals surface area contributed by atoms with Crippen LogP contribution in [0.1, 0.15) is 51.3 Å². The van der Waals surface area contributed by atoms with Crippen molar-refractivity contribution in [3.63, 3.8) is 0 Å². The van der Waals surface area contributed by atoms with Gasteiger partial charge in [0, 0.05) is 18.9 Å². The molecule has 6 nitrogen and oxygen atoms in total. The lowest BCUT2D eigenvalue weighted by molar-refractivity contribution is -0.143. The Bertz CT molecular complexity index is 731. The van der Waals surface area contributed by atoms with E-state index >= 15 is 0 Å². The van der Waals surface area contributed by atoms with Gasteiger partial charge in [0.1, 0.15) is 6.04 Å². The highest BCUT2D eigenvalue weighted by molar-refractivity contribution is 5.63. The predicted octanol–water partition coefficient (Wildman–Crippen LogP) is 3.76. The van der Waals surface area contributed by atoms with Crippen LogP contribution in [0.15, 0.2) is 6.08 Å². The fraction of sp³-hybridized carbons (Fsp3) is 0.706. The van der Waals surface area contributed by atoms with Crippen LogP contribution in [0.4, 0.5) is 33.8 Å². The zero-order chi connectivity index (χ0) is 20.5. The Balaban J connectivity index is 1.87. The molecule has 2 aliphatic rings. The molecule has 1 fully saturated rings. The van der Waals surface area contributed by atoms with Crippen molar-refractivity contribution in [2.45, 2.75) is 75.7 Å². The monoisotopic (exact) mass is 407 g/mol. The van der Waals surface area contributed by atoms with E-state index < -0.39 is 43.1 Å². The number of halogens is 5. The van der Waals surface area contributed by atoms with Crippen LogP contribution in [0.3, 0.4) is 0 Å². The average molecular weight is 407 g/mol. The van der Waals surface area contributed by atoms with E-state index in [1.807, 2.05) is 0 Å². The van der Waals surface area contributed by atoms with Gasteiger partial charge in [-0.3, -0.25) is 0 Å². The van der Waals surface area contributed by atoms with Gasteiger partial charge in [0.05, 0.1) is 6.10 Å². The highest BCUT2D eigenvalue weighted by Gasteiger charge is 2.45. The van der Waals surface area contributed by atoms with Gasteiger partial charge in [-0.2, -0.15) is 28.1 Å². The summed E-state index contributed by atoms with van der Waals surface area (Å²) >= 11 is 0. The van der Waals surface area contributed by atoms with E-state index in [4.69, 9.17) is 0 Å². The number of hydrogen-bond acceptors (Lipinski definition) is 6. The number of allylic oxidation sites excluding steroid dienone is 1. The fourth-order valence-electron chi connectivity index (χ4n) is 3.25. The molecule has 1 saturated carbocycles. The van der Waals surface area contributed by atoms with Gasteiger partial charge >= 0.3 is 6.18 Å². The van der Waals surface area contributed by atoms with Gasteiger partial charge in [-0.05, 0) is 37.3 Å². The van der Waals surface area contributed by atoms with E-state index in [2.05, 4.69) is 25.6 Å². The van der Waals surface area contributed by atoms with E-state index in [0.717, 1.165) is 0 Å². The maximum absolute atomic E-state index is 13.1. The molecule has 0 amide bonds. The van der Waals surface area contributed by atoms with E-state index in [-0.39, 0.29) is 24.1 Å². The van der Waals surface area contributed by atoms with Gasteiger partial charge in [0.25, 0.3) is 5.92 Å². The molecule has 0 spiro atoms. The maximum Gasteiger partial charge on any atom is 0.408 e. The molecule has 1 aromatic heterocycles. The van der Waals surface area contributed by atoms with Crippen molar-refractivity contribution < 1.29 is 27.1 Å². The summed E-state index contributed by atoms with van der Waals surface area (Å²) in [7, 11) is 0. The van der Waals surface area contributed by atoms with Crippen LogP contribution in [-0.2, 0) is 0 Å². The third-order valence-electron chi connectivity index (χ3n) is 4.79. The van der Waals surface area contributed by atoms with Crippen molar-refractivity contribution in [2.75, 3.05) is 10.6 Å². The number of rotatable bonds is 6. The standard InChI is InChI=1S/C17H22F5N5O/c1-2-12(17(20,21)22)24-15-26-13(9-4-3-5-11(28)6-9)25-14(27-15)23-10-7-16(18,19)8-10/h6,10-12,28H,2-5,7-8H2,1H3,(H2,23,24,25,26,27)/t11?,12-/m1/s1. The normalized spacial score (nSPS) is 23.5. The molecule has 3 rings (SSSR count). The lowest BCUT2D eigenvalue weighted by Gasteiger charge is -2.35. The summed E-state index contributed by atoms with van der Waals surface area (Å²) in [6.07, 6.45) is -2.82. The van der Waals surface area contributed by atoms with Crippen LogP contribution < -0.4 is 10.6 Å².